The van der Waals surface area contributed by atoms with Gasteiger partial charge < -0.3 is 5.11 Å². The highest BCUT2D eigenvalue weighted by Crippen LogP contribution is 2.47. The van der Waals surface area contributed by atoms with E-state index >= 15 is 0 Å². The van der Waals surface area contributed by atoms with E-state index in [1.807, 2.05) is 13.0 Å². The van der Waals surface area contributed by atoms with Gasteiger partial charge in [-0.2, -0.15) is 0 Å². The van der Waals surface area contributed by atoms with E-state index in [1.165, 1.54) is 12.5 Å². The SMILES string of the molecule is CC1=C(/C=C/C=C/C(=O)O)C2C(C)CC(C)CC2CC1=O. The van der Waals surface area contributed by atoms with Crippen LogP contribution in [0.25, 0.3) is 0 Å². The van der Waals surface area contributed by atoms with Gasteiger partial charge in [0, 0.05) is 12.5 Å². The topological polar surface area (TPSA) is 54.4 Å². The van der Waals surface area contributed by atoms with E-state index in [-0.39, 0.29) is 5.78 Å². The van der Waals surface area contributed by atoms with E-state index in [4.69, 9.17) is 5.11 Å². The van der Waals surface area contributed by atoms with Gasteiger partial charge in [0.25, 0.3) is 0 Å². The average Bonchev–Trinajstić information content (AvgIpc) is 2.38. The van der Waals surface area contributed by atoms with E-state index in [0.29, 0.717) is 30.1 Å². The third-order valence-corrected chi connectivity index (χ3v) is 4.88. The van der Waals surface area contributed by atoms with Gasteiger partial charge in [0.15, 0.2) is 5.78 Å². The molecule has 2 aliphatic rings. The number of allylic oxidation sites excluding steroid dienone is 5. The molecule has 0 spiro atoms. The van der Waals surface area contributed by atoms with Crippen LogP contribution in [0.3, 0.4) is 0 Å². The second-order valence-electron chi connectivity index (χ2n) is 6.60. The van der Waals surface area contributed by atoms with Crippen molar-refractivity contribution in [2.75, 3.05) is 0 Å². The van der Waals surface area contributed by atoms with Crippen LogP contribution < -0.4 is 0 Å². The van der Waals surface area contributed by atoms with Crippen molar-refractivity contribution < 1.29 is 14.7 Å². The maximum atomic E-state index is 12.2. The molecule has 0 aromatic rings. The summed E-state index contributed by atoms with van der Waals surface area (Å²) in [5.74, 6) is 1.44. The van der Waals surface area contributed by atoms with E-state index in [0.717, 1.165) is 23.6 Å². The van der Waals surface area contributed by atoms with Crippen LogP contribution in [0.4, 0.5) is 0 Å². The lowest BCUT2D eigenvalue weighted by molar-refractivity contribution is -0.131. The van der Waals surface area contributed by atoms with Crippen LogP contribution in [0, 0.1) is 23.7 Å². The van der Waals surface area contributed by atoms with Crippen LogP contribution in [0.5, 0.6) is 0 Å². The minimum Gasteiger partial charge on any atom is -0.478 e. The smallest absolute Gasteiger partial charge is 0.328 e. The second-order valence-corrected chi connectivity index (χ2v) is 6.60. The molecule has 1 fully saturated rings. The summed E-state index contributed by atoms with van der Waals surface area (Å²) >= 11 is 0. The molecule has 0 aromatic carbocycles. The van der Waals surface area contributed by atoms with Crippen molar-refractivity contribution in [1.82, 2.24) is 0 Å². The second kappa shape index (κ2) is 6.42. The number of fused-ring (bicyclic) bond motifs is 1. The van der Waals surface area contributed by atoms with Crippen molar-refractivity contribution in [3.05, 3.63) is 35.5 Å². The Kier molecular flexibility index (Phi) is 4.81. The minimum atomic E-state index is -0.956. The van der Waals surface area contributed by atoms with Crippen molar-refractivity contribution in [3.63, 3.8) is 0 Å². The van der Waals surface area contributed by atoms with Crippen molar-refractivity contribution in [2.24, 2.45) is 23.7 Å². The monoisotopic (exact) mass is 288 g/mol. The Balaban J connectivity index is 2.28. The lowest BCUT2D eigenvalue weighted by Gasteiger charge is -2.43. The molecule has 0 aromatic heterocycles. The molecule has 1 saturated carbocycles. The lowest BCUT2D eigenvalue weighted by atomic mass is 9.61. The van der Waals surface area contributed by atoms with Crippen molar-refractivity contribution in [3.8, 4) is 0 Å². The number of carbonyl (C=O) groups is 2. The fourth-order valence-corrected chi connectivity index (χ4v) is 4.11. The van der Waals surface area contributed by atoms with Gasteiger partial charge >= 0.3 is 5.97 Å². The third kappa shape index (κ3) is 3.52. The summed E-state index contributed by atoms with van der Waals surface area (Å²) < 4.78 is 0. The maximum Gasteiger partial charge on any atom is 0.328 e. The molecule has 3 nitrogen and oxygen atoms in total. The number of Topliss-reactive ketones (excluding diaryl/α,β-unsaturated/α-hetero) is 1. The Hall–Kier alpha value is -1.64. The van der Waals surface area contributed by atoms with Gasteiger partial charge in [-0.3, -0.25) is 4.79 Å². The Morgan fingerprint density at radius 1 is 1.24 bits per heavy atom. The van der Waals surface area contributed by atoms with E-state index in [2.05, 4.69) is 13.8 Å². The predicted molar refractivity (Wildman–Crippen MR) is 82.8 cm³/mol. The van der Waals surface area contributed by atoms with Gasteiger partial charge in [-0.25, -0.2) is 4.79 Å². The van der Waals surface area contributed by atoms with Gasteiger partial charge in [0.1, 0.15) is 0 Å². The molecule has 0 bridgehead atoms. The Bertz CT molecular complexity index is 525. The zero-order valence-electron chi connectivity index (χ0n) is 13.0. The van der Waals surface area contributed by atoms with E-state index in [1.54, 1.807) is 6.08 Å². The van der Waals surface area contributed by atoms with Crippen LogP contribution in [0.1, 0.15) is 40.0 Å². The zero-order valence-corrected chi connectivity index (χ0v) is 13.0. The van der Waals surface area contributed by atoms with Crippen LogP contribution in [-0.2, 0) is 9.59 Å². The summed E-state index contributed by atoms with van der Waals surface area (Å²) in [7, 11) is 0. The number of hydrogen-bond acceptors (Lipinski definition) is 2. The molecule has 2 aliphatic carbocycles. The zero-order chi connectivity index (χ0) is 15.6. The van der Waals surface area contributed by atoms with Crippen molar-refractivity contribution in [1.29, 1.82) is 0 Å². The summed E-state index contributed by atoms with van der Waals surface area (Å²) in [5, 5.41) is 8.62. The molecule has 0 heterocycles. The molecule has 1 N–H and O–H groups in total. The summed E-state index contributed by atoms with van der Waals surface area (Å²) in [5.41, 5.74) is 1.98. The first-order valence-electron chi connectivity index (χ1n) is 7.71. The van der Waals surface area contributed by atoms with Crippen molar-refractivity contribution in [2.45, 2.75) is 40.0 Å². The molecule has 0 saturated heterocycles. The molecule has 4 atom stereocenters. The molecule has 21 heavy (non-hydrogen) atoms. The number of carboxylic acids is 1. The molecule has 3 heteroatoms. The summed E-state index contributed by atoms with van der Waals surface area (Å²) in [6.45, 7) is 6.45. The van der Waals surface area contributed by atoms with E-state index < -0.39 is 5.97 Å². The Labute approximate surface area is 126 Å². The minimum absolute atomic E-state index is 0.249. The average molecular weight is 288 g/mol. The van der Waals surface area contributed by atoms with Crippen LogP contribution in [0.15, 0.2) is 35.5 Å². The fourth-order valence-electron chi connectivity index (χ4n) is 4.11. The highest BCUT2D eigenvalue weighted by molar-refractivity contribution is 5.97. The number of hydrogen-bond donors (Lipinski definition) is 1. The molecule has 0 amide bonds. The van der Waals surface area contributed by atoms with Gasteiger partial charge in [-0.15, -0.1) is 0 Å². The molecule has 2 rings (SSSR count). The third-order valence-electron chi connectivity index (χ3n) is 4.88. The summed E-state index contributed by atoms with van der Waals surface area (Å²) in [6, 6.07) is 0. The van der Waals surface area contributed by atoms with Crippen LogP contribution in [-0.4, -0.2) is 16.9 Å². The van der Waals surface area contributed by atoms with Crippen LogP contribution >= 0.6 is 0 Å². The first-order chi connectivity index (χ1) is 9.90. The highest BCUT2D eigenvalue weighted by Gasteiger charge is 2.40. The molecule has 4 unspecified atom stereocenters. The highest BCUT2D eigenvalue weighted by atomic mass is 16.4. The lowest BCUT2D eigenvalue weighted by Crippen LogP contribution is -2.37. The standard InChI is InChI=1S/C18H24O3/c1-11-8-12(2)18-14(9-11)10-16(19)13(3)15(18)6-4-5-7-17(20)21/h4-7,11-12,14,18H,8-10H2,1-3H3,(H,20,21)/b6-4+,7-5+. The van der Waals surface area contributed by atoms with Gasteiger partial charge in [0.05, 0.1) is 0 Å². The quantitative estimate of drug-likeness (QED) is 0.635. The van der Waals surface area contributed by atoms with Crippen molar-refractivity contribution >= 4 is 11.8 Å². The number of aliphatic carboxylic acids is 1. The molecule has 114 valence electrons. The molecular weight excluding hydrogens is 264 g/mol. The van der Waals surface area contributed by atoms with Gasteiger partial charge in [0.2, 0.25) is 0 Å². The number of carboxylic acid groups (broad SMARTS) is 1. The first kappa shape index (κ1) is 15.7. The van der Waals surface area contributed by atoms with Gasteiger partial charge in [-0.05, 0) is 54.6 Å². The van der Waals surface area contributed by atoms with Gasteiger partial charge in [-0.1, -0.05) is 32.1 Å². The van der Waals surface area contributed by atoms with E-state index in [9.17, 15) is 9.59 Å². The number of ketones is 1. The maximum absolute atomic E-state index is 12.2. The Morgan fingerprint density at radius 2 is 1.95 bits per heavy atom. The molecule has 0 radical (unpaired) electrons. The number of rotatable bonds is 3. The first-order valence-corrected chi connectivity index (χ1v) is 7.71. The summed E-state index contributed by atoms with van der Waals surface area (Å²) in [4.78, 5) is 22.7. The predicted octanol–water partition coefficient (Wildman–Crippen LogP) is 3.77. The fraction of sp³-hybridized carbons (Fsp3) is 0.556. The largest absolute Gasteiger partial charge is 0.478 e. The molecule has 0 aliphatic heterocycles. The number of carbonyl (C=O) groups excluding carboxylic acids is 1. The Morgan fingerprint density at radius 3 is 2.62 bits per heavy atom. The normalized spacial score (nSPS) is 33.8. The molecular formula is C18H24O3. The summed E-state index contributed by atoms with van der Waals surface area (Å²) in [6.07, 6.45) is 9.31. The van der Waals surface area contributed by atoms with Crippen LogP contribution in [0.2, 0.25) is 0 Å².